The van der Waals surface area contributed by atoms with Gasteiger partial charge < -0.3 is 51.7 Å². The van der Waals surface area contributed by atoms with Crippen LogP contribution in [0.5, 0.6) is 0 Å². The molecule has 0 radical (unpaired) electrons. The molecule has 0 atom stereocenters. The predicted octanol–water partition coefficient (Wildman–Crippen LogP) is -15.2. The van der Waals surface area contributed by atoms with Gasteiger partial charge in [0.15, 0.2) is 0 Å². The first-order chi connectivity index (χ1) is 1.73. The molecule has 9 heteroatoms. The molecule has 0 aliphatic carbocycles. The van der Waals surface area contributed by atoms with Crippen molar-refractivity contribution in [2.75, 3.05) is 0 Å². The van der Waals surface area contributed by atoms with Crippen LogP contribution < -0.4 is 93.0 Å². The molecule has 0 bridgehead atoms. The first kappa shape index (κ1) is 43.9. The summed E-state index contributed by atoms with van der Waals surface area (Å²) in [5, 5.41) is 14.8. The van der Waals surface area contributed by atoms with Gasteiger partial charge in [-0.3, -0.25) is 0 Å². The minimum Gasteiger partial charge on any atom is -1.00 e. The molecule has 0 aliphatic rings. The molecule has 0 aromatic heterocycles. The number of nitrogens with zero attached hydrogens (tertiary/aromatic N) is 1. The fourth-order valence-electron chi connectivity index (χ4n) is 0. The Kier molecular flexibility index (Phi) is 158. The minimum absolute atomic E-state index is 0. The zero-order valence-electron chi connectivity index (χ0n) is 5.43. The van der Waals surface area contributed by atoms with Crippen LogP contribution in [0.25, 0.3) is 0 Å². The summed E-state index contributed by atoms with van der Waals surface area (Å²) < 4.78 is 0. The van der Waals surface area contributed by atoms with Gasteiger partial charge in [0.05, 0.1) is 5.09 Å². The zero-order valence-corrected chi connectivity index (χ0v) is 8.34. The molecule has 0 saturated heterocycles. The van der Waals surface area contributed by atoms with Crippen LogP contribution in [-0.4, -0.2) is 5.09 Å². The van der Waals surface area contributed by atoms with Crippen molar-refractivity contribution in [1.82, 2.24) is 0 Å². The second kappa shape index (κ2) is 32.4. The Balaban J connectivity index is -0.00000000450. The van der Waals surface area contributed by atoms with Gasteiger partial charge in [0.25, 0.3) is 0 Å². The normalized spacial score (nSPS) is 2.67. The van der Waals surface area contributed by atoms with Gasteiger partial charge in [-0.1, -0.05) is 0 Å². The Morgan fingerprint density at radius 1 is 1.00 bits per heavy atom. The van der Waals surface area contributed by atoms with E-state index in [1.54, 1.807) is 0 Å². The second-order valence-corrected chi connectivity index (χ2v) is 0.224. The smallest absolute Gasteiger partial charge is 1.00 e. The van der Waals surface area contributed by atoms with E-state index in [2.05, 4.69) is 0 Å². The van der Waals surface area contributed by atoms with Crippen molar-refractivity contribution >= 4 is 0 Å². The Hall–Kier alpha value is 2.01. The van der Waals surface area contributed by atoms with Crippen LogP contribution in [0.4, 0.5) is 0 Å². The molecule has 9 heavy (non-hydrogen) atoms. The molecule has 40 valence electrons. The van der Waals surface area contributed by atoms with E-state index in [-0.39, 0.29) is 93.0 Å². The topological polar surface area (TPSA) is 66.2 Å². The van der Waals surface area contributed by atoms with Gasteiger partial charge in [0.1, 0.15) is 0 Å². The summed E-state index contributed by atoms with van der Waals surface area (Å²) in [6, 6.07) is 0. The van der Waals surface area contributed by atoms with Gasteiger partial charge >= 0.3 is 56.6 Å². The third kappa shape index (κ3) is 159. The Bertz CT molecular complexity index is 42.0. The molecule has 0 heterocycles. The zero-order chi connectivity index (χ0) is 3.58. The van der Waals surface area contributed by atoms with E-state index in [0.29, 0.717) is 0 Å². The Morgan fingerprint density at radius 2 is 1.00 bits per heavy atom. The van der Waals surface area contributed by atoms with Crippen molar-refractivity contribution < 1.29 is 98.1 Å². The van der Waals surface area contributed by atoms with Gasteiger partial charge in [0.2, 0.25) is 0 Å². The largest absolute Gasteiger partial charge is 1.00 e. The molecule has 0 aromatic carbocycles. The maximum atomic E-state index is 8.25. The average Bonchev–Trinajstić information content (AvgIpc) is 0.811. The SMILES string of the molecule is O=[N+]([O-])[O-].[Cl-].[I-].[Li+].[Li+].[Li+]. The van der Waals surface area contributed by atoms with E-state index < -0.39 is 5.09 Å². The van der Waals surface area contributed by atoms with Crippen molar-refractivity contribution in [2.24, 2.45) is 0 Å². The van der Waals surface area contributed by atoms with Crippen LogP contribution in [0.15, 0.2) is 0 Å². The molecule has 0 N–H and O–H groups in total. The molecule has 0 unspecified atom stereocenters. The van der Waals surface area contributed by atoms with Crippen molar-refractivity contribution in [2.45, 2.75) is 0 Å². The molecule has 0 aliphatic heterocycles. The molecule has 4 nitrogen and oxygen atoms in total. The van der Waals surface area contributed by atoms with Crippen molar-refractivity contribution in [3.8, 4) is 0 Å². The summed E-state index contributed by atoms with van der Waals surface area (Å²) in [6.45, 7) is 0. The van der Waals surface area contributed by atoms with Crippen molar-refractivity contribution in [3.63, 3.8) is 0 Å². The second-order valence-electron chi connectivity index (χ2n) is 0.224. The van der Waals surface area contributed by atoms with E-state index in [1.807, 2.05) is 0 Å². The summed E-state index contributed by atoms with van der Waals surface area (Å²) in [6.07, 6.45) is 0. The van der Waals surface area contributed by atoms with Crippen LogP contribution in [0.3, 0.4) is 0 Å². The van der Waals surface area contributed by atoms with E-state index in [1.165, 1.54) is 0 Å². The van der Waals surface area contributed by atoms with E-state index in [9.17, 15) is 0 Å². The van der Waals surface area contributed by atoms with E-state index in [0.717, 1.165) is 0 Å². The standard InChI is InChI=1S/ClH.HI.3Li.NO3/c;;;;;2-1(3)4/h2*1H;;;;/q;;3*+1;-1/p-2. The average molecular weight is 245 g/mol. The monoisotopic (exact) mass is 245 g/mol. The maximum Gasteiger partial charge on any atom is 1.00 e. The number of rotatable bonds is 0. The van der Waals surface area contributed by atoms with Gasteiger partial charge in [-0.2, -0.15) is 0 Å². The first-order valence-corrected chi connectivity index (χ1v) is 0.548. The first-order valence-electron chi connectivity index (χ1n) is 0.548. The van der Waals surface area contributed by atoms with Gasteiger partial charge in [-0.05, 0) is 0 Å². The molecule has 0 amide bonds. The molecule has 0 aromatic rings. The quantitative estimate of drug-likeness (QED) is 0.184. The van der Waals surface area contributed by atoms with Crippen molar-refractivity contribution in [1.29, 1.82) is 0 Å². The van der Waals surface area contributed by atoms with Crippen LogP contribution >= 0.6 is 0 Å². The Morgan fingerprint density at radius 3 is 1.00 bits per heavy atom. The fraction of sp³-hybridized carbons (Fsp3) is 0. The van der Waals surface area contributed by atoms with Gasteiger partial charge in [-0.25, -0.2) is 0 Å². The summed E-state index contributed by atoms with van der Waals surface area (Å²) in [4.78, 5) is 8.25. The van der Waals surface area contributed by atoms with Gasteiger partial charge in [-0.15, -0.1) is 0 Å². The molecular formula is ClILi3NO3. The van der Waals surface area contributed by atoms with Crippen LogP contribution in [0.2, 0.25) is 0 Å². The van der Waals surface area contributed by atoms with Crippen molar-refractivity contribution in [3.05, 3.63) is 15.3 Å². The molecule has 0 rings (SSSR count). The minimum atomic E-state index is -1.75. The van der Waals surface area contributed by atoms with Gasteiger partial charge in [0, 0.05) is 0 Å². The summed E-state index contributed by atoms with van der Waals surface area (Å²) in [7, 11) is 0. The van der Waals surface area contributed by atoms with Crippen LogP contribution in [0, 0.1) is 15.3 Å². The number of halogens is 2. The molecular weight excluding hydrogens is 245 g/mol. The summed E-state index contributed by atoms with van der Waals surface area (Å²) >= 11 is 0. The van der Waals surface area contributed by atoms with Crippen LogP contribution in [-0.2, 0) is 0 Å². The van der Waals surface area contributed by atoms with Crippen LogP contribution in [0.1, 0.15) is 0 Å². The van der Waals surface area contributed by atoms with E-state index in [4.69, 9.17) is 15.3 Å². The third-order valence-corrected chi connectivity index (χ3v) is 0. The third-order valence-electron chi connectivity index (χ3n) is 0. The van der Waals surface area contributed by atoms with E-state index >= 15 is 0 Å². The summed E-state index contributed by atoms with van der Waals surface area (Å²) in [5.41, 5.74) is 0. The molecule has 0 fully saturated rings. The Labute approximate surface area is 112 Å². The maximum absolute atomic E-state index is 8.25. The molecule has 0 spiro atoms. The predicted molar refractivity (Wildman–Crippen MR) is 10.4 cm³/mol. The number of hydrogen-bond donors (Lipinski definition) is 0. The number of hydrogen-bond acceptors (Lipinski definition) is 3. The molecule has 0 saturated carbocycles. The summed E-state index contributed by atoms with van der Waals surface area (Å²) in [5.74, 6) is 0. The fourth-order valence-corrected chi connectivity index (χ4v) is 0.